The zero-order chi connectivity index (χ0) is 13.6. The van der Waals surface area contributed by atoms with Gasteiger partial charge in [0.2, 0.25) is 10.0 Å². The molecule has 1 aromatic carbocycles. The average molecular weight is 293 g/mol. The van der Waals surface area contributed by atoms with Crippen LogP contribution in [-0.4, -0.2) is 39.3 Å². The van der Waals surface area contributed by atoms with E-state index in [2.05, 4.69) is 10.0 Å². The van der Waals surface area contributed by atoms with E-state index in [1.807, 2.05) is 0 Å². The van der Waals surface area contributed by atoms with E-state index in [0.29, 0.717) is 18.1 Å². The van der Waals surface area contributed by atoms with Crippen LogP contribution in [0, 0.1) is 0 Å². The molecule has 0 spiro atoms. The summed E-state index contributed by atoms with van der Waals surface area (Å²) in [7, 11) is -3.52. The Balaban J connectivity index is 2.46. The van der Waals surface area contributed by atoms with Gasteiger partial charge in [0.15, 0.2) is 0 Å². The molecule has 1 unspecified atom stereocenters. The average Bonchev–Trinajstić information content (AvgIpc) is 2.28. The van der Waals surface area contributed by atoms with Crippen molar-refractivity contribution in [2.24, 2.45) is 0 Å². The molecule has 0 aromatic heterocycles. The molecule has 1 aromatic rings. The number of sulfonamides is 1. The third-order valence-electron chi connectivity index (χ3n) is 2.14. The number of rotatable bonds is 7. The highest BCUT2D eigenvalue weighted by molar-refractivity contribution is 7.89. The Morgan fingerprint density at radius 1 is 1.39 bits per heavy atom. The highest BCUT2D eigenvalue weighted by Gasteiger charge is 2.13. The van der Waals surface area contributed by atoms with Crippen LogP contribution in [0.4, 0.5) is 0 Å². The van der Waals surface area contributed by atoms with E-state index in [-0.39, 0.29) is 11.4 Å². The van der Waals surface area contributed by atoms with Crippen molar-refractivity contribution in [3.05, 3.63) is 29.3 Å². The lowest BCUT2D eigenvalue weighted by Gasteiger charge is -2.09. The van der Waals surface area contributed by atoms with Crippen LogP contribution in [0.3, 0.4) is 0 Å². The third kappa shape index (κ3) is 5.32. The van der Waals surface area contributed by atoms with Crippen LogP contribution in [0.25, 0.3) is 0 Å². The van der Waals surface area contributed by atoms with Crippen LogP contribution >= 0.6 is 11.6 Å². The highest BCUT2D eigenvalue weighted by Crippen LogP contribution is 2.14. The maximum Gasteiger partial charge on any atom is 0.240 e. The van der Waals surface area contributed by atoms with Gasteiger partial charge in [-0.05, 0) is 25.1 Å². The lowest BCUT2D eigenvalue weighted by molar-refractivity contribution is 0.192. The molecule has 0 bridgehead atoms. The number of halogens is 1. The number of hydrogen-bond donors (Lipinski definition) is 3. The second-order valence-corrected chi connectivity index (χ2v) is 6.11. The molecule has 5 nitrogen and oxygen atoms in total. The number of benzene rings is 1. The summed E-state index contributed by atoms with van der Waals surface area (Å²) in [4.78, 5) is 0.144. The van der Waals surface area contributed by atoms with E-state index in [1.54, 1.807) is 19.1 Å². The predicted molar refractivity (Wildman–Crippen MR) is 71.2 cm³/mol. The van der Waals surface area contributed by atoms with Gasteiger partial charge in [-0.2, -0.15) is 0 Å². The molecule has 3 N–H and O–H groups in total. The Bertz CT molecular complexity index is 477. The number of nitrogens with one attached hydrogen (secondary N) is 2. The summed E-state index contributed by atoms with van der Waals surface area (Å²) >= 11 is 5.74. The first-order valence-electron chi connectivity index (χ1n) is 5.56. The Morgan fingerprint density at radius 2 is 2.11 bits per heavy atom. The van der Waals surface area contributed by atoms with Crippen LogP contribution in [0.5, 0.6) is 0 Å². The Labute approximate surface area is 112 Å². The fourth-order valence-electron chi connectivity index (χ4n) is 1.30. The summed E-state index contributed by atoms with van der Waals surface area (Å²) in [5, 5.41) is 12.3. The lowest BCUT2D eigenvalue weighted by Crippen LogP contribution is -2.34. The molecule has 0 saturated heterocycles. The van der Waals surface area contributed by atoms with Crippen molar-refractivity contribution in [1.29, 1.82) is 0 Å². The van der Waals surface area contributed by atoms with E-state index in [9.17, 15) is 8.42 Å². The molecule has 0 aliphatic heterocycles. The zero-order valence-electron chi connectivity index (χ0n) is 10.1. The second-order valence-electron chi connectivity index (χ2n) is 3.91. The minimum atomic E-state index is -3.52. The zero-order valence-corrected chi connectivity index (χ0v) is 11.6. The van der Waals surface area contributed by atoms with Gasteiger partial charge in [0.05, 0.1) is 11.0 Å². The molecule has 7 heteroatoms. The Morgan fingerprint density at radius 3 is 2.72 bits per heavy atom. The molecule has 102 valence electrons. The van der Waals surface area contributed by atoms with Crippen molar-refractivity contribution in [1.82, 2.24) is 10.0 Å². The molecular formula is C11H17ClN2O3S. The van der Waals surface area contributed by atoms with E-state index >= 15 is 0 Å². The topological polar surface area (TPSA) is 78.4 Å². The van der Waals surface area contributed by atoms with E-state index in [0.717, 1.165) is 0 Å². The van der Waals surface area contributed by atoms with Crippen LogP contribution in [0.2, 0.25) is 5.02 Å². The fraction of sp³-hybridized carbons (Fsp3) is 0.455. The molecule has 0 heterocycles. The van der Waals surface area contributed by atoms with Gasteiger partial charge < -0.3 is 10.4 Å². The SMILES string of the molecule is CC(O)CNCCNS(=O)(=O)c1cccc(Cl)c1. The van der Waals surface area contributed by atoms with Crippen molar-refractivity contribution >= 4 is 21.6 Å². The van der Waals surface area contributed by atoms with Gasteiger partial charge in [-0.15, -0.1) is 0 Å². The third-order valence-corrected chi connectivity index (χ3v) is 3.83. The molecule has 0 aliphatic carbocycles. The second kappa shape index (κ2) is 7.06. The van der Waals surface area contributed by atoms with E-state index in [1.165, 1.54) is 12.1 Å². The first kappa shape index (κ1) is 15.4. The molecule has 18 heavy (non-hydrogen) atoms. The minimum Gasteiger partial charge on any atom is -0.392 e. The standard InChI is InChI=1S/C11H17ClN2O3S/c1-9(15)8-13-5-6-14-18(16,17)11-4-2-3-10(12)7-11/h2-4,7,9,13-15H,5-6,8H2,1H3. The summed E-state index contributed by atoms with van der Waals surface area (Å²) in [6.07, 6.45) is -0.450. The normalized spacial score (nSPS) is 13.5. The monoisotopic (exact) mass is 292 g/mol. The Kier molecular flexibility index (Phi) is 6.04. The van der Waals surface area contributed by atoms with Crippen molar-refractivity contribution in [2.75, 3.05) is 19.6 Å². The van der Waals surface area contributed by atoms with Gasteiger partial charge in [0.1, 0.15) is 0 Å². The maximum atomic E-state index is 11.8. The molecule has 0 aliphatic rings. The molecular weight excluding hydrogens is 276 g/mol. The predicted octanol–water partition coefficient (Wildman–Crippen LogP) is 0.589. The van der Waals surface area contributed by atoms with E-state index in [4.69, 9.17) is 16.7 Å². The molecule has 1 rings (SSSR count). The van der Waals surface area contributed by atoms with Crippen molar-refractivity contribution in [3.63, 3.8) is 0 Å². The van der Waals surface area contributed by atoms with Crippen LogP contribution in [0.15, 0.2) is 29.2 Å². The number of hydrogen-bond acceptors (Lipinski definition) is 4. The smallest absolute Gasteiger partial charge is 0.240 e. The van der Waals surface area contributed by atoms with Crippen LogP contribution < -0.4 is 10.0 Å². The van der Waals surface area contributed by atoms with Gasteiger partial charge in [-0.25, -0.2) is 13.1 Å². The van der Waals surface area contributed by atoms with Gasteiger partial charge in [-0.3, -0.25) is 0 Å². The van der Waals surface area contributed by atoms with Crippen LogP contribution in [0.1, 0.15) is 6.92 Å². The number of aliphatic hydroxyl groups is 1. The Hall–Kier alpha value is -0.660. The number of aliphatic hydroxyl groups excluding tert-OH is 1. The summed E-state index contributed by atoms with van der Waals surface area (Å²) in [5.74, 6) is 0. The molecule has 0 amide bonds. The van der Waals surface area contributed by atoms with Gasteiger partial charge in [-0.1, -0.05) is 17.7 Å². The highest BCUT2D eigenvalue weighted by atomic mass is 35.5. The molecule has 0 fully saturated rings. The first-order valence-corrected chi connectivity index (χ1v) is 7.42. The summed E-state index contributed by atoms with van der Waals surface area (Å²) < 4.78 is 26.1. The van der Waals surface area contributed by atoms with Crippen molar-refractivity contribution in [2.45, 2.75) is 17.9 Å². The lowest BCUT2D eigenvalue weighted by atomic mass is 10.4. The summed E-state index contributed by atoms with van der Waals surface area (Å²) in [6, 6.07) is 6.08. The van der Waals surface area contributed by atoms with Crippen molar-refractivity contribution in [3.8, 4) is 0 Å². The van der Waals surface area contributed by atoms with E-state index < -0.39 is 16.1 Å². The first-order chi connectivity index (χ1) is 8.42. The summed E-state index contributed by atoms with van der Waals surface area (Å²) in [5.41, 5.74) is 0. The molecule has 0 radical (unpaired) electrons. The molecule has 1 atom stereocenters. The summed E-state index contributed by atoms with van der Waals surface area (Å²) in [6.45, 7) is 2.79. The largest absolute Gasteiger partial charge is 0.392 e. The van der Waals surface area contributed by atoms with Gasteiger partial charge in [0, 0.05) is 24.7 Å². The van der Waals surface area contributed by atoms with Gasteiger partial charge >= 0.3 is 0 Å². The van der Waals surface area contributed by atoms with Crippen molar-refractivity contribution < 1.29 is 13.5 Å². The minimum absolute atomic E-state index is 0.144. The fourth-order valence-corrected chi connectivity index (χ4v) is 2.63. The van der Waals surface area contributed by atoms with Crippen LogP contribution in [-0.2, 0) is 10.0 Å². The molecule has 0 saturated carbocycles. The maximum absolute atomic E-state index is 11.8. The quantitative estimate of drug-likeness (QED) is 0.643. The van der Waals surface area contributed by atoms with Gasteiger partial charge in [0.25, 0.3) is 0 Å².